The third-order valence-corrected chi connectivity index (χ3v) is 5.02. The van der Waals surface area contributed by atoms with E-state index in [4.69, 9.17) is 18.9 Å². The van der Waals surface area contributed by atoms with Crippen molar-refractivity contribution in [3.05, 3.63) is 41.0 Å². The lowest BCUT2D eigenvalue weighted by Crippen LogP contribution is -2.56. The minimum atomic E-state index is -0.771. The SMILES string of the molecule is COc1cc(C(=O)N(NC(=O)c2ccc3c(c2C)OCCO3)C(C)(C)C)cc(OC)c1O. The van der Waals surface area contributed by atoms with Gasteiger partial charge in [0.15, 0.2) is 23.0 Å². The molecule has 0 atom stereocenters. The Morgan fingerprint density at radius 2 is 1.66 bits per heavy atom. The molecule has 3 rings (SSSR count). The van der Waals surface area contributed by atoms with Crippen molar-refractivity contribution in [1.82, 2.24) is 10.4 Å². The Bertz CT molecular complexity index is 1020. The first-order chi connectivity index (χ1) is 15.1. The molecule has 0 spiro atoms. The van der Waals surface area contributed by atoms with Crippen LogP contribution in [0.4, 0.5) is 0 Å². The van der Waals surface area contributed by atoms with Crippen LogP contribution in [0.25, 0.3) is 0 Å². The van der Waals surface area contributed by atoms with Crippen molar-refractivity contribution < 1.29 is 33.6 Å². The maximum Gasteiger partial charge on any atom is 0.273 e. The third kappa shape index (κ3) is 4.37. The van der Waals surface area contributed by atoms with Crippen LogP contribution in [0, 0.1) is 6.92 Å². The summed E-state index contributed by atoms with van der Waals surface area (Å²) >= 11 is 0. The van der Waals surface area contributed by atoms with Crippen LogP contribution < -0.4 is 24.4 Å². The molecule has 0 aromatic heterocycles. The minimum absolute atomic E-state index is 0.0792. The summed E-state index contributed by atoms with van der Waals surface area (Å²) in [7, 11) is 2.74. The van der Waals surface area contributed by atoms with Crippen molar-refractivity contribution in [2.45, 2.75) is 33.2 Å². The number of nitrogens with zero attached hydrogens (tertiary/aromatic N) is 1. The van der Waals surface area contributed by atoms with Crippen molar-refractivity contribution in [2.75, 3.05) is 27.4 Å². The Morgan fingerprint density at radius 3 is 2.22 bits per heavy atom. The number of aromatic hydroxyl groups is 1. The van der Waals surface area contributed by atoms with Crippen LogP contribution >= 0.6 is 0 Å². The number of phenols is 1. The standard InChI is InChI=1S/C23H28N2O7/c1-13-15(7-8-16-20(13)32-10-9-31-16)21(27)24-25(23(2,3)4)22(28)14-11-17(29-5)19(26)18(12-14)30-6/h7-8,11-12,26H,9-10H2,1-6H3,(H,24,27). The first kappa shape index (κ1) is 23.1. The van der Waals surface area contributed by atoms with Gasteiger partial charge >= 0.3 is 0 Å². The highest BCUT2D eigenvalue weighted by atomic mass is 16.6. The van der Waals surface area contributed by atoms with Crippen LogP contribution in [0.2, 0.25) is 0 Å². The van der Waals surface area contributed by atoms with Gasteiger partial charge in [0.25, 0.3) is 11.8 Å². The Labute approximate surface area is 186 Å². The van der Waals surface area contributed by atoms with E-state index in [1.54, 1.807) is 39.8 Å². The highest BCUT2D eigenvalue weighted by Gasteiger charge is 2.32. The maximum atomic E-state index is 13.4. The monoisotopic (exact) mass is 444 g/mol. The first-order valence-electron chi connectivity index (χ1n) is 10.1. The van der Waals surface area contributed by atoms with Crippen molar-refractivity contribution in [3.63, 3.8) is 0 Å². The summed E-state index contributed by atoms with van der Waals surface area (Å²) in [5, 5.41) is 11.4. The molecule has 1 aliphatic heterocycles. The molecule has 9 nitrogen and oxygen atoms in total. The molecule has 9 heteroatoms. The Balaban J connectivity index is 1.95. The third-order valence-electron chi connectivity index (χ3n) is 5.02. The van der Waals surface area contributed by atoms with Crippen molar-refractivity contribution in [2.24, 2.45) is 0 Å². The van der Waals surface area contributed by atoms with Gasteiger partial charge in [0.1, 0.15) is 13.2 Å². The summed E-state index contributed by atoms with van der Waals surface area (Å²) in [6, 6.07) is 6.09. The number of benzene rings is 2. The Morgan fingerprint density at radius 1 is 1.06 bits per heavy atom. The van der Waals surface area contributed by atoms with Gasteiger partial charge in [-0.1, -0.05) is 0 Å². The van der Waals surface area contributed by atoms with Crippen molar-refractivity contribution in [1.29, 1.82) is 0 Å². The summed E-state index contributed by atoms with van der Waals surface area (Å²) in [6.45, 7) is 7.98. The molecular weight excluding hydrogens is 416 g/mol. The summed E-state index contributed by atoms with van der Waals surface area (Å²) in [5.41, 5.74) is 3.09. The van der Waals surface area contributed by atoms with Gasteiger partial charge in [-0.3, -0.25) is 15.0 Å². The summed E-state index contributed by atoms with van der Waals surface area (Å²) < 4.78 is 21.5. The van der Waals surface area contributed by atoms with E-state index < -0.39 is 17.4 Å². The number of ether oxygens (including phenoxy) is 4. The quantitative estimate of drug-likeness (QED) is 0.698. The van der Waals surface area contributed by atoms with Crippen LogP contribution in [0.1, 0.15) is 47.1 Å². The van der Waals surface area contributed by atoms with Gasteiger partial charge in [0, 0.05) is 16.7 Å². The topological polar surface area (TPSA) is 107 Å². The van der Waals surface area contributed by atoms with E-state index in [0.29, 0.717) is 35.8 Å². The molecule has 0 saturated carbocycles. The van der Waals surface area contributed by atoms with E-state index in [-0.39, 0.29) is 22.8 Å². The van der Waals surface area contributed by atoms with Crippen LogP contribution in [0.3, 0.4) is 0 Å². The van der Waals surface area contributed by atoms with Gasteiger partial charge < -0.3 is 24.1 Å². The predicted molar refractivity (Wildman–Crippen MR) is 117 cm³/mol. The van der Waals surface area contributed by atoms with E-state index in [0.717, 1.165) is 0 Å². The number of carbonyl (C=O) groups excluding carboxylic acids is 2. The van der Waals surface area contributed by atoms with E-state index in [9.17, 15) is 14.7 Å². The maximum absolute atomic E-state index is 13.4. The molecule has 2 amide bonds. The normalized spacial score (nSPS) is 12.7. The lowest BCUT2D eigenvalue weighted by atomic mass is 10.0. The molecule has 0 unspecified atom stereocenters. The average Bonchev–Trinajstić information content (AvgIpc) is 2.76. The number of hydrogen-bond donors (Lipinski definition) is 2. The highest BCUT2D eigenvalue weighted by Crippen LogP contribution is 2.38. The number of hydrazine groups is 1. The predicted octanol–water partition coefficient (Wildman–Crippen LogP) is 3.07. The Hall–Kier alpha value is -3.62. The molecule has 0 saturated heterocycles. The number of fused-ring (bicyclic) bond motifs is 1. The number of hydrogen-bond acceptors (Lipinski definition) is 7. The lowest BCUT2D eigenvalue weighted by Gasteiger charge is -2.36. The second kappa shape index (κ2) is 8.86. The van der Waals surface area contributed by atoms with Crippen LogP contribution in [-0.4, -0.2) is 54.9 Å². The minimum Gasteiger partial charge on any atom is -0.502 e. The molecule has 0 fully saturated rings. The fraction of sp³-hybridized carbons (Fsp3) is 0.391. The molecule has 2 N–H and O–H groups in total. The van der Waals surface area contributed by atoms with Gasteiger partial charge in [-0.05, 0) is 52.0 Å². The fourth-order valence-electron chi connectivity index (χ4n) is 3.33. The van der Waals surface area contributed by atoms with E-state index >= 15 is 0 Å². The number of nitrogens with one attached hydrogen (secondary N) is 1. The number of carbonyl (C=O) groups is 2. The van der Waals surface area contributed by atoms with Gasteiger partial charge in [-0.2, -0.15) is 0 Å². The molecule has 0 radical (unpaired) electrons. The summed E-state index contributed by atoms with van der Waals surface area (Å²) in [5.74, 6) is 0.0666. The number of phenolic OH excluding ortho intramolecular Hbond substituents is 1. The van der Waals surface area contributed by atoms with Crippen molar-refractivity contribution in [3.8, 4) is 28.7 Å². The fourth-order valence-corrected chi connectivity index (χ4v) is 3.33. The second-order valence-electron chi connectivity index (χ2n) is 8.24. The van der Waals surface area contributed by atoms with E-state index in [1.807, 2.05) is 0 Å². The smallest absolute Gasteiger partial charge is 0.273 e. The largest absolute Gasteiger partial charge is 0.502 e. The van der Waals surface area contributed by atoms with Crippen LogP contribution in [-0.2, 0) is 0 Å². The molecule has 2 aromatic rings. The molecule has 1 heterocycles. The van der Waals surface area contributed by atoms with Crippen molar-refractivity contribution >= 4 is 11.8 Å². The molecule has 172 valence electrons. The highest BCUT2D eigenvalue weighted by molar-refractivity contribution is 6.01. The molecule has 0 bridgehead atoms. The molecular formula is C23H28N2O7. The zero-order valence-electron chi connectivity index (χ0n) is 19.1. The van der Waals surface area contributed by atoms with Gasteiger partial charge in [0.2, 0.25) is 5.75 Å². The summed E-state index contributed by atoms with van der Waals surface area (Å²) in [6.07, 6.45) is 0. The van der Waals surface area contributed by atoms with E-state index in [1.165, 1.54) is 31.4 Å². The summed E-state index contributed by atoms with van der Waals surface area (Å²) in [4.78, 5) is 26.6. The molecule has 32 heavy (non-hydrogen) atoms. The van der Waals surface area contributed by atoms with Gasteiger partial charge in [-0.25, -0.2) is 5.01 Å². The molecule has 2 aromatic carbocycles. The number of amides is 2. The molecule has 0 aliphatic carbocycles. The Kier molecular flexibility index (Phi) is 6.38. The lowest BCUT2D eigenvalue weighted by molar-refractivity contribution is 0.0357. The average molecular weight is 444 g/mol. The number of rotatable bonds is 4. The number of methoxy groups -OCH3 is 2. The van der Waals surface area contributed by atoms with Gasteiger partial charge in [0.05, 0.1) is 19.8 Å². The first-order valence-corrected chi connectivity index (χ1v) is 10.1. The zero-order chi connectivity index (χ0) is 23.6. The van der Waals surface area contributed by atoms with Gasteiger partial charge in [-0.15, -0.1) is 0 Å². The van der Waals surface area contributed by atoms with Crippen LogP contribution in [0.15, 0.2) is 24.3 Å². The zero-order valence-corrected chi connectivity index (χ0v) is 19.1. The van der Waals surface area contributed by atoms with Crippen LogP contribution in [0.5, 0.6) is 28.7 Å². The van der Waals surface area contributed by atoms with E-state index in [2.05, 4.69) is 5.43 Å². The molecule has 1 aliphatic rings. The second-order valence-corrected chi connectivity index (χ2v) is 8.24.